The van der Waals surface area contributed by atoms with Crippen molar-refractivity contribution in [3.05, 3.63) is 96.2 Å². The van der Waals surface area contributed by atoms with Crippen LogP contribution in [0.1, 0.15) is 37.3 Å². The zero-order chi connectivity index (χ0) is 32.9. The van der Waals surface area contributed by atoms with Crippen LogP contribution in [0.4, 0.5) is 10.6 Å². The van der Waals surface area contributed by atoms with Crippen LogP contribution in [-0.4, -0.2) is 83.3 Å². The number of carboxylic acids is 1. The molecule has 1 unspecified atom stereocenters. The molecule has 1 aliphatic heterocycles. The van der Waals surface area contributed by atoms with E-state index in [9.17, 15) is 24.3 Å². The molecule has 3 aromatic rings. The van der Waals surface area contributed by atoms with E-state index in [1.807, 2.05) is 92.7 Å². The Bertz CT molecular complexity index is 1430. The summed E-state index contributed by atoms with van der Waals surface area (Å²) in [4.78, 5) is 56.6. The van der Waals surface area contributed by atoms with Crippen molar-refractivity contribution in [3.63, 3.8) is 0 Å². The van der Waals surface area contributed by atoms with E-state index in [4.69, 9.17) is 9.47 Å². The van der Waals surface area contributed by atoms with Crippen molar-refractivity contribution in [2.24, 2.45) is 5.92 Å². The first-order chi connectivity index (χ1) is 22.2. The van der Waals surface area contributed by atoms with Crippen molar-refractivity contribution >= 4 is 29.7 Å². The first-order valence-corrected chi connectivity index (χ1v) is 15.3. The molecule has 12 nitrogen and oxygen atoms in total. The fourth-order valence-corrected chi connectivity index (χ4v) is 5.32. The van der Waals surface area contributed by atoms with Crippen molar-refractivity contribution in [1.82, 2.24) is 20.5 Å². The third-order valence-corrected chi connectivity index (χ3v) is 7.68. The molecule has 1 saturated heterocycles. The molecule has 1 fully saturated rings. The Hall–Kier alpha value is -4.97. The topological polar surface area (TPSA) is 159 Å². The summed E-state index contributed by atoms with van der Waals surface area (Å²) in [6.07, 6.45) is 1.15. The van der Waals surface area contributed by atoms with Crippen molar-refractivity contribution in [3.8, 4) is 0 Å². The van der Waals surface area contributed by atoms with Crippen molar-refractivity contribution in [2.45, 2.75) is 51.0 Å². The molecule has 0 spiro atoms. The fourth-order valence-electron chi connectivity index (χ4n) is 5.32. The molecule has 1 aliphatic rings. The molecule has 4 atom stereocenters. The van der Waals surface area contributed by atoms with Gasteiger partial charge in [-0.05, 0) is 35.6 Å². The van der Waals surface area contributed by atoms with E-state index in [0.29, 0.717) is 18.8 Å². The number of carboxylic acid groups (broad SMARTS) is 1. The van der Waals surface area contributed by atoms with Crippen LogP contribution >= 0.6 is 0 Å². The number of carbonyl (C=O) groups excluding carboxylic acids is 3. The van der Waals surface area contributed by atoms with Gasteiger partial charge in [0.2, 0.25) is 11.8 Å². The maximum Gasteiger partial charge on any atom is 0.410 e. The molecule has 4 N–H and O–H groups in total. The first-order valence-electron chi connectivity index (χ1n) is 15.3. The second-order valence-electron chi connectivity index (χ2n) is 11.4. The minimum atomic E-state index is -1.33. The van der Waals surface area contributed by atoms with Crippen LogP contribution in [0.25, 0.3) is 0 Å². The summed E-state index contributed by atoms with van der Waals surface area (Å²) in [7, 11) is 0. The monoisotopic (exact) mass is 631 g/mol. The van der Waals surface area contributed by atoms with Crippen molar-refractivity contribution in [1.29, 1.82) is 0 Å². The summed E-state index contributed by atoms with van der Waals surface area (Å²) >= 11 is 0. The minimum absolute atomic E-state index is 0.0792. The van der Waals surface area contributed by atoms with E-state index >= 15 is 0 Å². The van der Waals surface area contributed by atoms with Gasteiger partial charge in [0.15, 0.2) is 0 Å². The second-order valence-corrected chi connectivity index (χ2v) is 11.4. The molecule has 0 bridgehead atoms. The van der Waals surface area contributed by atoms with Gasteiger partial charge in [-0.1, -0.05) is 80.6 Å². The third kappa shape index (κ3) is 10.0. The number of benzene rings is 2. The number of pyridine rings is 1. The van der Waals surface area contributed by atoms with Gasteiger partial charge in [-0.25, -0.2) is 14.6 Å². The number of hydrogen-bond acceptors (Lipinski definition) is 8. The smallest absolute Gasteiger partial charge is 0.410 e. The average molecular weight is 632 g/mol. The van der Waals surface area contributed by atoms with Gasteiger partial charge in [0.1, 0.15) is 25.1 Å². The van der Waals surface area contributed by atoms with Gasteiger partial charge in [-0.15, -0.1) is 0 Å². The number of aromatic nitrogens is 1. The number of anilines is 1. The summed E-state index contributed by atoms with van der Waals surface area (Å²) in [5, 5.41) is 18.1. The van der Waals surface area contributed by atoms with Crippen LogP contribution in [0, 0.1) is 5.92 Å². The molecule has 3 amide bonds. The molecule has 1 aromatic heterocycles. The number of rotatable bonds is 15. The molecule has 4 rings (SSSR count). The lowest BCUT2D eigenvalue weighted by Gasteiger charge is -2.24. The predicted octanol–water partition coefficient (Wildman–Crippen LogP) is 3.42. The van der Waals surface area contributed by atoms with E-state index in [2.05, 4.69) is 20.9 Å². The van der Waals surface area contributed by atoms with Gasteiger partial charge in [0.25, 0.3) is 0 Å². The van der Waals surface area contributed by atoms with E-state index in [0.717, 1.165) is 11.1 Å². The van der Waals surface area contributed by atoms with Crippen LogP contribution in [0.15, 0.2) is 85.1 Å². The van der Waals surface area contributed by atoms with Crippen LogP contribution in [0.2, 0.25) is 0 Å². The predicted molar refractivity (Wildman–Crippen MR) is 171 cm³/mol. The molecule has 244 valence electrons. The Kier molecular flexibility index (Phi) is 12.5. The molecule has 12 heteroatoms. The van der Waals surface area contributed by atoms with Gasteiger partial charge >= 0.3 is 12.1 Å². The molecule has 2 heterocycles. The quantitative estimate of drug-likeness (QED) is 0.197. The van der Waals surface area contributed by atoms with E-state index in [1.165, 1.54) is 0 Å². The Balaban J connectivity index is 1.29. The van der Waals surface area contributed by atoms with Crippen molar-refractivity contribution in [2.75, 3.05) is 31.6 Å². The first kappa shape index (κ1) is 33.9. The Morgan fingerprint density at radius 3 is 2.33 bits per heavy atom. The van der Waals surface area contributed by atoms with E-state index in [1.54, 1.807) is 11.1 Å². The largest absolute Gasteiger partial charge is 0.480 e. The Morgan fingerprint density at radius 1 is 0.978 bits per heavy atom. The number of carbonyl (C=O) groups is 4. The molecule has 2 aromatic carbocycles. The van der Waals surface area contributed by atoms with E-state index in [-0.39, 0.29) is 38.3 Å². The van der Waals surface area contributed by atoms with Gasteiger partial charge in [0.05, 0.1) is 24.6 Å². The number of aliphatic carboxylic acids is 1. The Labute approximate surface area is 268 Å². The number of ether oxygens (including phenoxy) is 2. The van der Waals surface area contributed by atoms with Gasteiger partial charge in [0, 0.05) is 19.3 Å². The second kappa shape index (κ2) is 16.9. The van der Waals surface area contributed by atoms with Gasteiger partial charge in [-0.3, -0.25) is 9.59 Å². The lowest BCUT2D eigenvalue weighted by atomic mass is 9.87. The normalized spacial score (nSPS) is 17.2. The summed E-state index contributed by atoms with van der Waals surface area (Å²) in [6, 6.07) is 22.4. The van der Waals surface area contributed by atoms with E-state index < -0.39 is 41.9 Å². The number of likely N-dealkylation sites (tertiary alicyclic amines) is 1. The maximum absolute atomic E-state index is 13.1. The minimum Gasteiger partial charge on any atom is -0.480 e. The molecular formula is C34H41N5O7. The standard InChI is InChI=1S/C34H41N5O7/c1-23(2)31(25-13-7-4-8-14-25)32(41)38-28(33(42)43)19-37-30(40)22-45-27-17-26(18-36-29-15-9-10-16-35-29)39(20-27)34(44)46-21-24-11-5-3-6-12-24/h3-16,23,26-28,31H,17-22H2,1-2H3,(H,35,36)(H,37,40)(H,38,41)(H,42,43)/t26-,27+,28-,31?/m0/s1. The molecule has 46 heavy (non-hydrogen) atoms. The van der Waals surface area contributed by atoms with Crippen LogP contribution in [-0.2, 0) is 30.5 Å². The molecule has 0 aliphatic carbocycles. The number of hydrogen-bond donors (Lipinski definition) is 4. The molecule has 0 saturated carbocycles. The average Bonchev–Trinajstić information content (AvgIpc) is 3.48. The zero-order valence-electron chi connectivity index (χ0n) is 26.0. The zero-order valence-corrected chi connectivity index (χ0v) is 26.0. The summed E-state index contributed by atoms with van der Waals surface area (Å²) in [5.41, 5.74) is 1.64. The lowest BCUT2D eigenvalue weighted by molar-refractivity contribution is -0.142. The van der Waals surface area contributed by atoms with Gasteiger partial charge in [-0.2, -0.15) is 0 Å². The van der Waals surface area contributed by atoms with Gasteiger partial charge < -0.3 is 35.4 Å². The number of nitrogens with one attached hydrogen (secondary N) is 3. The third-order valence-electron chi connectivity index (χ3n) is 7.68. The highest BCUT2D eigenvalue weighted by atomic mass is 16.6. The number of amides is 3. The summed E-state index contributed by atoms with van der Waals surface area (Å²) in [6.45, 7) is 3.83. The SMILES string of the molecule is CC(C)C(C(=O)N[C@@H](CNC(=O)CO[C@@H]1C[C@@H](CNc2ccccn2)N(C(=O)OCc2ccccc2)C1)C(=O)O)c1ccccc1. The molecule has 0 radical (unpaired) electrons. The highest BCUT2D eigenvalue weighted by molar-refractivity contribution is 5.89. The maximum atomic E-state index is 13.1. The van der Waals surface area contributed by atoms with Crippen LogP contribution < -0.4 is 16.0 Å². The van der Waals surface area contributed by atoms with Crippen LogP contribution in [0.5, 0.6) is 0 Å². The Morgan fingerprint density at radius 2 is 1.67 bits per heavy atom. The van der Waals surface area contributed by atoms with Crippen LogP contribution in [0.3, 0.4) is 0 Å². The summed E-state index contributed by atoms with van der Waals surface area (Å²) < 4.78 is 11.4. The lowest BCUT2D eigenvalue weighted by Crippen LogP contribution is -2.50. The highest BCUT2D eigenvalue weighted by Gasteiger charge is 2.37. The number of nitrogens with zero attached hydrogens (tertiary/aromatic N) is 2. The molecular weight excluding hydrogens is 590 g/mol. The highest BCUT2D eigenvalue weighted by Crippen LogP contribution is 2.25. The fraction of sp³-hybridized carbons (Fsp3) is 0.382. The summed E-state index contributed by atoms with van der Waals surface area (Å²) in [5.74, 6) is -2.22. The van der Waals surface area contributed by atoms with Crippen molar-refractivity contribution < 1.29 is 33.8 Å².